The zero-order chi connectivity index (χ0) is 18.1. The Morgan fingerprint density at radius 2 is 1.83 bits per heavy atom. The summed E-state index contributed by atoms with van der Waals surface area (Å²) in [5.41, 5.74) is -0.760. The smallest absolute Gasteiger partial charge is 0.254 e. The van der Waals surface area contributed by atoms with Gasteiger partial charge in [-0.1, -0.05) is 13.8 Å². The number of H-pyrrole nitrogens is 2. The first kappa shape index (κ1) is 19.8. The summed E-state index contributed by atoms with van der Waals surface area (Å²) in [4.78, 5) is 16.4. The highest BCUT2D eigenvalue weighted by atomic mass is 32.1. The van der Waals surface area contributed by atoms with Crippen LogP contribution < -0.4 is 16.0 Å². The molecule has 0 amide bonds. The van der Waals surface area contributed by atoms with Gasteiger partial charge >= 0.3 is 0 Å². The van der Waals surface area contributed by atoms with Crippen LogP contribution in [0.5, 0.6) is 5.88 Å². The molecule has 1 atom stereocenters. The number of aromatic nitrogens is 2. The molecule has 8 nitrogen and oxygen atoms in total. The van der Waals surface area contributed by atoms with Gasteiger partial charge in [0, 0.05) is 11.5 Å². The minimum atomic E-state index is -1.05. The van der Waals surface area contributed by atoms with E-state index in [1.807, 2.05) is 12.1 Å². The third-order valence-corrected chi connectivity index (χ3v) is 3.77. The van der Waals surface area contributed by atoms with Crippen molar-refractivity contribution in [3.8, 4) is 18.0 Å². The molecule has 1 unspecified atom stereocenters. The lowest BCUT2D eigenvalue weighted by Crippen LogP contribution is -2.87. The second kappa shape index (κ2) is 9.83. The van der Waals surface area contributed by atoms with Crippen LogP contribution in [-0.4, -0.2) is 36.3 Å². The molecule has 2 rings (SSSR count). The molecule has 1 saturated heterocycles. The molecule has 1 aromatic heterocycles. The number of nitrogens with two attached hydrogens (primary N) is 1. The molecule has 0 radical (unpaired) electrons. The van der Waals surface area contributed by atoms with Gasteiger partial charge in [-0.25, -0.2) is 0 Å². The van der Waals surface area contributed by atoms with Gasteiger partial charge in [0.25, 0.3) is 5.56 Å². The highest BCUT2D eigenvalue weighted by Crippen LogP contribution is 2.32. The fraction of sp³-hybridized carbons (Fsp3) is 0.600. The van der Waals surface area contributed by atoms with Crippen molar-refractivity contribution in [2.24, 2.45) is 11.8 Å². The highest BCUT2D eigenvalue weighted by Gasteiger charge is 2.29. The summed E-state index contributed by atoms with van der Waals surface area (Å²) in [5, 5.41) is 31.9. The van der Waals surface area contributed by atoms with E-state index in [1.165, 1.54) is 0 Å². The molecule has 2 heterocycles. The van der Waals surface area contributed by atoms with Gasteiger partial charge in [0.05, 0.1) is 38.4 Å². The maximum atomic E-state index is 11.8. The van der Waals surface area contributed by atoms with E-state index in [2.05, 4.69) is 27.5 Å². The first-order valence-electron chi connectivity index (χ1n) is 7.64. The third kappa shape index (κ3) is 5.46. The minimum Gasteiger partial charge on any atom is -0.860 e. The Kier molecular flexibility index (Phi) is 8.13. The Labute approximate surface area is 145 Å². The van der Waals surface area contributed by atoms with Gasteiger partial charge in [-0.15, -0.1) is 0 Å². The summed E-state index contributed by atoms with van der Waals surface area (Å²) in [6, 6.07) is 3.62. The Balaban J connectivity index is 0.000000400. The third-order valence-electron chi connectivity index (χ3n) is 3.56. The minimum absolute atomic E-state index is 0.0679. The van der Waals surface area contributed by atoms with E-state index in [9.17, 15) is 9.90 Å². The summed E-state index contributed by atoms with van der Waals surface area (Å²) >= 11 is 4.68. The van der Waals surface area contributed by atoms with Crippen molar-refractivity contribution in [2.75, 3.05) is 26.3 Å². The average Bonchev–Trinajstić information content (AvgIpc) is 2.55. The van der Waals surface area contributed by atoms with Gasteiger partial charge in [-0.3, -0.25) is 9.78 Å². The SMILES string of the molecule is C1COCC[NH2+]1.CC(C)C(c1c([O-])[nH]c(=S)[nH]c1=O)C(C#N)C#N. The molecule has 24 heavy (non-hydrogen) atoms. The normalized spacial score (nSPS) is 15.1. The molecule has 9 heteroatoms. The predicted octanol–water partition coefficient (Wildman–Crippen LogP) is -0.511. The number of ether oxygens (including phenoxy) is 1. The van der Waals surface area contributed by atoms with Crippen molar-refractivity contribution in [2.45, 2.75) is 19.8 Å². The van der Waals surface area contributed by atoms with Crippen LogP contribution in [0.25, 0.3) is 0 Å². The first-order valence-corrected chi connectivity index (χ1v) is 8.05. The summed E-state index contributed by atoms with van der Waals surface area (Å²) in [7, 11) is 0. The molecule has 4 N–H and O–H groups in total. The van der Waals surface area contributed by atoms with Crippen molar-refractivity contribution < 1.29 is 15.2 Å². The quantitative estimate of drug-likeness (QED) is 0.625. The number of hydrogen-bond acceptors (Lipinski definition) is 6. The molecule has 130 valence electrons. The molecule has 1 aliphatic heterocycles. The predicted molar refractivity (Wildman–Crippen MR) is 86.5 cm³/mol. The molecule has 0 bridgehead atoms. The average molecular weight is 351 g/mol. The van der Waals surface area contributed by atoms with E-state index in [0.29, 0.717) is 0 Å². The molecular formula is C15H21N5O3S. The lowest BCUT2D eigenvalue weighted by Gasteiger charge is -2.25. The van der Waals surface area contributed by atoms with E-state index >= 15 is 0 Å². The first-order chi connectivity index (χ1) is 11.4. The van der Waals surface area contributed by atoms with Crippen LogP contribution in [0.2, 0.25) is 0 Å². The van der Waals surface area contributed by atoms with Gasteiger partial charge in [-0.2, -0.15) is 10.5 Å². The lowest BCUT2D eigenvalue weighted by molar-refractivity contribution is -0.670. The van der Waals surface area contributed by atoms with E-state index in [-0.39, 0.29) is 16.3 Å². The van der Waals surface area contributed by atoms with Crippen LogP contribution in [0.3, 0.4) is 0 Å². The number of morpholine rings is 1. The van der Waals surface area contributed by atoms with Crippen LogP contribution >= 0.6 is 12.2 Å². The van der Waals surface area contributed by atoms with Crippen molar-refractivity contribution in [3.05, 3.63) is 20.7 Å². The number of aromatic amines is 2. The van der Waals surface area contributed by atoms with Gasteiger partial charge in [0.1, 0.15) is 5.92 Å². The fourth-order valence-electron chi connectivity index (χ4n) is 2.43. The maximum Gasteiger partial charge on any atom is 0.254 e. The van der Waals surface area contributed by atoms with E-state index in [0.717, 1.165) is 26.3 Å². The number of quaternary nitrogens is 1. The van der Waals surface area contributed by atoms with Gasteiger partial charge in [-0.05, 0) is 24.0 Å². The second-order valence-electron chi connectivity index (χ2n) is 5.64. The Morgan fingerprint density at radius 1 is 1.25 bits per heavy atom. The molecular weight excluding hydrogens is 330 g/mol. The molecule has 0 aromatic carbocycles. The topological polar surface area (TPSA) is 145 Å². The number of hydrogen-bond donors (Lipinski definition) is 3. The van der Waals surface area contributed by atoms with Gasteiger partial charge in [0.2, 0.25) is 0 Å². The number of nitriles is 2. The highest BCUT2D eigenvalue weighted by molar-refractivity contribution is 7.71. The van der Waals surface area contributed by atoms with Crippen LogP contribution in [0.1, 0.15) is 25.3 Å². The van der Waals surface area contributed by atoms with Crippen LogP contribution in [0.4, 0.5) is 0 Å². The number of rotatable bonds is 3. The lowest BCUT2D eigenvalue weighted by atomic mass is 9.80. The molecule has 0 aliphatic carbocycles. The maximum absolute atomic E-state index is 11.8. The zero-order valence-corrected chi connectivity index (χ0v) is 14.5. The summed E-state index contributed by atoms with van der Waals surface area (Å²) in [6.07, 6.45) is 0. The molecule has 1 aromatic rings. The van der Waals surface area contributed by atoms with Crippen molar-refractivity contribution >= 4 is 12.2 Å². The zero-order valence-electron chi connectivity index (χ0n) is 13.7. The van der Waals surface area contributed by atoms with Gasteiger partial charge in [0.15, 0.2) is 4.77 Å². The van der Waals surface area contributed by atoms with Crippen LogP contribution in [-0.2, 0) is 4.74 Å². The largest absolute Gasteiger partial charge is 0.860 e. The number of nitrogens with zero attached hydrogens (tertiary/aromatic N) is 2. The van der Waals surface area contributed by atoms with E-state index < -0.39 is 23.3 Å². The standard InChI is InChI=1S/C11H12N4O2S.C4H9NO/c1-5(2)7(6(3-12)4-13)8-9(16)14-11(18)15-10(8)17;1-3-6-4-2-5-1/h5-7H,1-2H3,(H3,14,15,16,17,18);5H,1-4H2. The summed E-state index contributed by atoms with van der Waals surface area (Å²) in [5.74, 6) is -2.64. The monoisotopic (exact) mass is 351 g/mol. The van der Waals surface area contributed by atoms with Crippen molar-refractivity contribution in [1.29, 1.82) is 10.5 Å². The summed E-state index contributed by atoms with van der Waals surface area (Å²) < 4.78 is 4.97. The summed E-state index contributed by atoms with van der Waals surface area (Å²) in [6.45, 7) is 7.68. The molecule has 0 saturated carbocycles. The Bertz CT molecular complexity index is 699. The van der Waals surface area contributed by atoms with Gasteiger partial charge < -0.3 is 20.1 Å². The van der Waals surface area contributed by atoms with Crippen LogP contribution in [0.15, 0.2) is 4.79 Å². The van der Waals surface area contributed by atoms with Crippen LogP contribution in [0, 0.1) is 39.3 Å². The second-order valence-corrected chi connectivity index (χ2v) is 6.04. The molecule has 1 fully saturated rings. The van der Waals surface area contributed by atoms with Crippen molar-refractivity contribution in [1.82, 2.24) is 9.97 Å². The number of nitrogens with one attached hydrogen (secondary N) is 2. The molecule has 1 aliphatic rings. The Hall–Kier alpha value is -2.20. The van der Waals surface area contributed by atoms with E-state index in [4.69, 9.17) is 15.3 Å². The van der Waals surface area contributed by atoms with E-state index in [1.54, 1.807) is 13.8 Å². The van der Waals surface area contributed by atoms with Crippen molar-refractivity contribution in [3.63, 3.8) is 0 Å². The molecule has 0 spiro atoms. The Morgan fingerprint density at radius 3 is 2.17 bits per heavy atom. The fourth-order valence-corrected chi connectivity index (χ4v) is 2.62.